The zero-order valence-corrected chi connectivity index (χ0v) is 20.2. The van der Waals surface area contributed by atoms with Gasteiger partial charge in [0.1, 0.15) is 5.82 Å². The normalized spacial score (nSPS) is 11.0. The van der Waals surface area contributed by atoms with Gasteiger partial charge in [-0.2, -0.15) is 0 Å². The lowest BCUT2D eigenvalue weighted by atomic mass is 9.81. The first kappa shape index (κ1) is 24.6. The van der Waals surface area contributed by atoms with E-state index in [0.717, 1.165) is 17.5 Å². The molecule has 3 aromatic rings. The smallest absolute Gasteiger partial charge is 0.256 e. The molecule has 1 aromatic heterocycles. The summed E-state index contributed by atoms with van der Waals surface area (Å²) >= 11 is 0. The maximum atomic E-state index is 12.9. The summed E-state index contributed by atoms with van der Waals surface area (Å²) in [4.78, 5) is 41.0. The first-order valence-corrected chi connectivity index (χ1v) is 11.2. The minimum Gasteiger partial charge on any atom is -0.322 e. The fourth-order valence-corrected chi connectivity index (χ4v) is 3.35. The van der Waals surface area contributed by atoms with E-state index in [2.05, 4.69) is 41.7 Å². The van der Waals surface area contributed by atoms with Gasteiger partial charge in [0.2, 0.25) is 5.91 Å². The van der Waals surface area contributed by atoms with Crippen LogP contribution in [0.3, 0.4) is 0 Å². The van der Waals surface area contributed by atoms with Crippen molar-refractivity contribution >= 4 is 34.9 Å². The fraction of sp³-hybridized carbons (Fsp3) is 0.259. The van der Waals surface area contributed by atoms with Crippen molar-refractivity contribution in [3.05, 3.63) is 83.0 Å². The molecule has 176 valence electrons. The zero-order valence-electron chi connectivity index (χ0n) is 20.2. The number of rotatable bonds is 7. The highest BCUT2D eigenvalue weighted by Crippen LogP contribution is 2.27. The van der Waals surface area contributed by atoms with Crippen LogP contribution in [0, 0.1) is 6.92 Å². The summed E-state index contributed by atoms with van der Waals surface area (Å²) in [6.07, 6.45) is 2.43. The average Bonchev–Trinajstić information content (AvgIpc) is 2.81. The van der Waals surface area contributed by atoms with Gasteiger partial charge >= 0.3 is 0 Å². The highest BCUT2D eigenvalue weighted by atomic mass is 16.2. The monoisotopic (exact) mass is 458 g/mol. The number of anilines is 3. The molecule has 3 N–H and O–H groups in total. The Balaban J connectivity index is 1.74. The summed E-state index contributed by atoms with van der Waals surface area (Å²) in [5, 5.41) is 8.27. The Morgan fingerprint density at radius 3 is 2.24 bits per heavy atom. The fourth-order valence-electron chi connectivity index (χ4n) is 3.35. The molecule has 2 aromatic carbocycles. The third-order valence-corrected chi connectivity index (χ3v) is 5.86. The maximum Gasteiger partial charge on any atom is 0.256 e. The number of carbonyl (C=O) groups excluding carboxylic acids is 3. The molecule has 7 heteroatoms. The molecule has 0 saturated heterocycles. The average molecular weight is 459 g/mol. The number of hydrogen-bond donors (Lipinski definition) is 3. The molecular weight excluding hydrogens is 428 g/mol. The van der Waals surface area contributed by atoms with Crippen LogP contribution in [-0.4, -0.2) is 22.7 Å². The van der Waals surface area contributed by atoms with Crippen molar-refractivity contribution in [3.8, 4) is 0 Å². The quantitative estimate of drug-likeness (QED) is 0.433. The van der Waals surface area contributed by atoms with Crippen LogP contribution in [0.5, 0.6) is 0 Å². The molecule has 0 aliphatic rings. The number of nitrogens with one attached hydrogen (secondary N) is 3. The van der Waals surface area contributed by atoms with Crippen LogP contribution in [0.15, 0.2) is 60.8 Å². The van der Waals surface area contributed by atoms with Gasteiger partial charge in [0.15, 0.2) is 0 Å². The summed E-state index contributed by atoms with van der Waals surface area (Å²) in [6.45, 7) is 9.65. The standard InChI is InChI=1S/C27H30N4O3/c1-6-27(4,5)20-9-7-8-19(14-20)25(33)30-21-11-10-17(2)23(15-21)26(34)31-22-12-13-24(28-16-22)29-18(3)32/h7-16H,6H2,1-5H3,(H,30,33)(H,31,34)(H,28,29,32). The molecule has 0 spiro atoms. The summed E-state index contributed by atoms with van der Waals surface area (Å²) < 4.78 is 0. The summed E-state index contributed by atoms with van der Waals surface area (Å²) in [6, 6.07) is 16.1. The number of benzene rings is 2. The second-order valence-electron chi connectivity index (χ2n) is 8.87. The SMILES string of the molecule is CCC(C)(C)c1cccc(C(=O)Nc2ccc(C)c(C(=O)Nc3ccc(NC(C)=O)nc3)c2)c1. The first-order valence-electron chi connectivity index (χ1n) is 11.2. The van der Waals surface area contributed by atoms with Gasteiger partial charge in [-0.1, -0.05) is 39.0 Å². The lowest BCUT2D eigenvalue weighted by molar-refractivity contribution is -0.114. The minimum atomic E-state index is -0.325. The molecule has 0 atom stereocenters. The van der Waals surface area contributed by atoms with Gasteiger partial charge in [-0.3, -0.25) is 14.4 Å². The van der Waals surface area contributed by atoms with E-state index in [-0.39, 0.29) is 23.1 Å². The van der Waals surface area contributed by atoms with Gasteiger partial charge in [0.25, 0.3) is 11.8 Å². The molecule has 0 saturated carbocycles. The Bertz CT molecular complexity index is 1220. The van der Waals surface area contributed by atoms with E-state index in [9.17, 15) is 14.4 Å². The second-order valence-corrected chi connectivity index (χ2v) is 8.87. The van der Waals surface area contributed by atoms with E-state index in [4.69, 9.17) is 0 Å². The molecular formula is C27H30N4O3. The third kappa shape index (κ3) is 6.07. The summed E-state index contributed by atoms with van der Waals surface area (Å²) in [5.74, 6) is -0.381. The van der Waals surface area contributed by atoms with Crippen LogP contribution in [0.2, 0.25) is 0 Å². The molecule has 3 rings (SSSR count). The Morgan fingerprint density at radius 1 is 0.882 bits per heavy atom. The zero-order chi connectivity index (χ0) is 24.9. The van der Waals surface area contributed by atoms with Crippen LogP contribution in [-0.2, 0) is 10.2 Å². The van der Waals surface area contributed by atoms with Crippen LogP contribution >= 0.6 is 0 Å². The number of aryl methyl sites for hydroxylation is 1. The molecule has 0 aliphatic carbocycles. The molecule has 0 aliphatic heterocycles. The van der Waals surface area contributed by atoms with Crippen molar-refractivity contribution in [1.82, 2.24) is 4.98 Å². The number of aromatic nitrogens is 1. The van der Waals surface area contributed by atoms with Gasteiger partial charge in [-0.05, 0) is 66.3 Å². The van der Waals surface area contributed by atoms with Gasteiger partial charge < -0.3 is 16.0 Å². The van der Waals surface area contributed by atoms with Crippen molar-refractivity contribution < 1.29 is 14.4 Å². The number of pyridine rings is 1. The highest BCUT2D eigenvalue weighted by molar-refractivity contribution is 6.08. The van der Waals surface area contributed by atoms with Crippen molar-refractivity contribution in [2.45, 2.75) is 46.5 Å². The van der Waals surface area contributed by atoms with Crippen molar-refractivity contribution in [2.24, 2.45) is 0 Å². The molecule has 3 amide bonds. The molecule has 0 radical (unpaired) electrons. The topological polar surface area (TPSA) is 100 Å². The predicted molar refractivity (Wildman–Crippen MR) is 135 cm³/mol. The Labute approximate surface area is 200 Å². The van der Waals surface area contributed by atoms with E-state index in [1.54, 1.807) is 36.4 Å². The Morgan fingerprint density at radius 2 is 1.59 bits per heavy atom. The second kappa shape index (κ2) is 10.3. The maximum absolute atomic E-state index is 12.9. The first-order chi connectivity index (χ1) is 16.1. The van der Waals surface area contributed by atoms with E-state index in [1.165, 1.54) is 13.1 Å². The Kier molecular flexibility index (Phi) is 7.46. The van der Waals surface area contributed by atoms with Crippen LogP contribution in [0.25, 0.3) is 0 Å². The van der Waals surface area contributed by atoms with E-state index in [1.807, 2.05) is 25.1 Å². The summed E-state index contributed by atoms with van der Waals surface area (Å²) in [7, 11) is 0. The molecule has 0 fully saturated rings. The van der Waals surface area contributed by atoms with Crippen LogP contribution in [0.4, 0.5) is 17.2 Å². The highest BCUT2D eigenvalue weighted by Gasteiger charge is 2.19. The number of amides is 3. The van der Waals surface area contributed by atoms with E-state index >= 15 is 0 Å². The predicted octanol–water partition coefficient (Wildman–Crippen LogP) is 5.54. The number of hydrogen-bond acceptors (Lipinski definition) is 4. The van der Waals surface area contributed by atoms with Crippen molar-refractivity contribution in [1.29, 1.82) is 0 Å². The number of nitrogens with zero attached hydrogens (tertiary/aromatic N) is 1. The Hall–Kier alpha value is -4.00. The van der Waals surface area contributed by atoms with Crippen LogP contribution in [0.1, 0.15) is 66.0 Å². The van der Waals surface area contributed by atoms with E-state index < -0.39 is 0 Å². The molecule has 7 nitrogen and oxygen atoms in total. The number of carbonyl (C=O) groups is 3. The lowest BCUT2D eigenvalue weighted by Crippen LogP contribution is -2.18. The molecule has 1 heterocycles. The van der Waals surface area contributed by atoms with Gasteiger partial charge in [-0.25, -0.2) is 4.98 Å². The minimum absolute atomic E-state index is 0.0272. The van der Waals surface area contributed by atoms with Gasteiger partial charge in [-0.15, -0.1) is 0 Å². The van der Waals surface area contributed by atoms with Gasteiger partial charge in [0, 0.05) is 23.7 Å². The lowest BCUT2D eigenvalue weighted by Gasteiger charge is -2.23. The van der Waals surface area contributed by atoms with E-state index in [0.29, 0.717) is 28.3 Å². The largest absolute Gasteiger partial charge is 0.322 e. The molecule has 0 bridgehead atoms. The van der Waals surface area contributed by atoms with Crippen molar-refractivity contribution in [3.63, 3.8) is 0 Å². The van der Waals surface area contributed by atoms with Gasteiger partial charge in [0.05, 0.1) is 11.9 Å². The molecule has 34 heavy (non-hydrogen) atoms. The van der Waals surface area contributed by atoms with Crippen LogP contribution < -0.4 is 16.0 Å². The third-order valence-electron chi connectivity index (χ3n) is 5.86. The summed E-state index contributed by atoms with van der Waals surface area (Å²) in [5.41, 5.74) is 3.86. The van der Waals surface area contributed by atoms with Crippen molar-refractivity contribution in [2.75, 3.05) is 16.0 Å². The molecule has 0 unspecified atom stereocenters.